The van der Waals surface area contributed by atoms with Gasteiger partial charge in [0.2, 0.25) is 11.7 Å². The van der Waals surface area contributed by atoms with Crippen LogP contribution >= 0.6 is 23.2 Å². The Morgan fingerprint density at radius 3 is 2.58 bits per heavy atom. The van der Waals surface area contributed by atoms with Gasteiger partial charge in [0.05, 0.1) is 22.3 Å². The SMILES string of the molecule is CC1(C)CN(CC(F)(F)F)Cc2cc(Nc3ncc4c(=O)n(-c5c(Cl)cccc5Cl)c5nccn5c4n3)ccc21. The molecule has 4 heterocycles. The van der Waals surface area contributed by atoms with Gasteiger partial charge in [0.1, 0.15) is 5.39 Å². The Kier molecular flexibility index (Phi) is 6.28. The second-order valence-corrected chi connectivity index (χ2v) is 11.2. The number of halogens is 5. The van der Waals surface area contributed by atoms with Crippen molar-refractivity contribution in [2.45, 2.75) is 32.0 Å². The van der Waals surface area contributed by atoms with Gasteiger partial charge in [0.25, 0.3) is 5.56 Å². The predicted molar refractivity (Wildman–Crippen MR) is 148 cm³/mol. The zero-order valence-corrected chi connectivity index (χ0v) is 22.8. The van der Waals surface area contributed by atoms with E-state index >= 15 is 0 Å². The predicted octanol–water partition coefficient (Wildman–Crippen LogP) is 6.13. The molecule has 6 rings (SSSR count). The Labute approximate surface area is 236 Å². The highest BCUT2D eigenvalue weighted by Crippen LogP contribution is 2.36. The van der Waals surface area contributed by atoms with Gasteiger partial charge >= 0.3 is 6.18 Å². The van der Waals surface area contributed by atoms with E-state index in [1.54, 1.807) is 28.8 Å². The Morgan fingerprint density at radius 1 is 1.10 bits per heavy atom. The molecule has 8 nitrogen and oxygen atoms in total. The Bertz CT molecular complexity index is 1830. The molecule has 0 atom stereocenters. The van der Waals surface area contributed by atoms with E-state index in [2.05, 4.69) is 20.3 Å². The molecule has 2 aromatic carbocycles. The summed E-state index contributed by atoms with van der Waals surface area (Å²) in [6.45, 7) is 3.38. The zero-order valence-electron chi connectivity index (χ0n) is 21.3. The van der Waals surface area contributed by atoms with Gasteiger partial charge < -0.3 is 5.32 Å². The first-order valence-electron chi connectivity index (χ1n) is 12.3. The van der Waals surface area contributed by atoms with Crippen molar-refractivity contribution >= 4 is 51.6 Å². The molecule has 0 aliphatic carbocycles. The molecular weight excluding hydrogens is 566 g/mol. The van der Waals surface area contributed by atoms with Crippen molar-refractivity contribution in [1.82, 2.24) is 28.8 Å². The van der Waals surface area contributed by atoms with Crippen molar-refractivity contribution in [3.05, 3.63) is 86.5 Å². The fourth-order valence-corrected chi connectivity index (χ4v) is 5.97. The molecule has 1 aliphatic heterocycles. The summed E-state index contributed by atoms with van der Waals surface area (Å²) >= 11 is 12.8. The van der Waals surface area contributed by atoms with Crippen LogP contribution < -0.4 is 10.9 Å². The van der Waals surface area contributed by atoms with Crippen molar-refractivity contribution in [3.8, 4) is 5.69 Å². The average Bonchev–Trinajstić information content (AvgIpc) is 3.34. The summed E-state index contributed by atoms with van der Waals surface area (Å²) in [5, 5.41) is 3.90. The first-order chi connectivity index (χ1) is 18.9. The first-order valence-corrected chi connectivity index (χ1v) is 13.1. The smallest absolute Gasteiger partial charge is 0.324 e. The molecule has 0 radical (unpaired) electrons. The third-order valence-electron chi connectivity index (χ3n) is 6.92. The van der Waals surface area contributed by atoms with E-state index in [9.17, 15) is 18.0 Å². The van der Waals surface area contributed by atoms with E-state index in [1.165, 1.54) is 21.9 Å². The van der Waals surface area contributed by atoms with Crippen LogP contribution in [0.25, 0.3) is 22.5 Å². The van der Waals surface area contributed by atoms with Crippen molar-refractivity contribution < 1.29 is 13.2 Å². The maximum absolute atomic E-state index is 13.6. The monoisotopic (exact) mass is 587 g/mol. The van der Waals surface area contributed by atoms with Gasteiger partial charge in [0, 0.05) is 42.8 Å². The topological polar surface area (TPSA) is 80.4 Å². The molecule has 206 valence electrons. The van der Waals surface area contributed by atoms with Crippen LogP contribution in [0, 0.1) is 0 Å². The molecule has 0 bridgehead atoms. The van der Waals surface area contributed by atoms with E-state index < -0.39 is 23.7 Å². The number of alkyl halides is 3. The second kappa shape index (κ2) is 9.46. The number of para-hydroxylation sites is 1. The number of rotatable bonds is 4. The van der Waals surface area contributed by atoms with Crippen LogP contribution in [-0.4, -0.2) is 48.1 Å². The highest BCUT2D eigenvalue weighted by atomic mass is 35.5. The third kappa shape index (κ3) is 4.67. The number of imidazole rings is 1. The molecule has 0 amide bonds. The minimum Gasteiger partial charge on any atom is -0.324 e. The molecule has 0 unspecified atom stereocenters. The quantitative estimate of drug-likeness (QED) is 0.272. The van der Waals surface area contributed by atoms with Crippen molar-refractivity contribution in [3.63, 3.8) is 0 Å². The zero-order chi connectivity index (χ0) is 28.4. The minimum absolute atomic E-state index is 0.173. The van der Waals surface area contributed by atoms with Gasteiger partial charge in [-0.25, -0.2) is 14.5 Å². The van der Waals surface area contributed by atoms with Crippen molar-refractivity contribution in [2.24, 2.45) is 0 Å². The van der Waals surface area contributed by atoms with Crippen LogP contribution in [0.2, 0.25) is 10.0 Å². The molecule has 1 N–H and O–H groups in total. The van der Waals surface area contributed by atoms with E-state index in [0.29, 0.717) is 23.6 Å². The first kappa shape index (κ1) is 26.5. The van der Waals surface area contributed by atoms with Gasteiger partial charge in [0.15, 0.2) is 5.65 Å². The van der Waals surface area contributed by atoms with Crippen LogP contribution in [-0.2, 0) is 12.0 Å². The molecule has 3 aromatic heterocycles. The Morgan fingerprint density at radius 2 is 1.85 bits per heavy atom. The number of hydrogen-bond acceptors (Lipinski definition) is 6. The Hall–Kier alpha value is -3.67. The number of nitrogens with one attached hydrogen (secondary N) is 1. The normalized spacial score (nSPS) is 15.5. The Balaban J connectivity index is 1.39. The van der Waals surface area contributed by atoms with Crippen LogP contribution in [0.5, 0.6) is 0 Å². The summed E-state index contributed by atoms with van der Waals surface area (Å²) in [7, 11) is 0. The fourth-order valence-electron chi connectivity index (χ4n) is 5.41. The van der Waals surface area contributed by atoms with Crippen LogP contribution in [0.1, 0.15) is 25.0 Å². The molecule has 13 heteroatoms. The molecule has 40 heavy (non-hydrogen) atoms. The number of hydrogen-bond donors (Lipinski definition) is 1. The molecule has 0 fully saturated rings. The number of anilines is 2. The lowest BCUT2D eigenvalue weighted by molar-refractivity contribution is -0.149. The van der Waals surface area contributed by atoms with Crippen molar-refractivity contribution in [2.75, 3.05) is 18.4 Å². The largest absolute Gasteiger partial charge is 0.401 e. The van der Waals surface area contributed by atoms with E-state index in [1.807, 2.05) is 32.0 Å². The van der Waals surface area contributed by atoms with Crippen molar-refractivity contribution in [1.29, 1.82) is 0 Å². The average molecular weight is 588 g/mol. The molecule has 1 aliphatic rings. The lowest BCUT2D eigenvalue weighted by atomic mass is 9.78. The summed E-state index contributed by atoms with van der Waals surface area (Å²) in [4.78, 5) is 28.2. The van der Waals surface area contributed by atoms with Crippen LogP contribution in [0.4, 0.5) is 24.8 Å². The molecule has 0 saturated heterocycles. The summed E-state index contributed by atoms with van der Waals surface area (Å²) in [5.74, 6) is 0.468. The molecule has 0 spiro atoms. The van der Waals surface area contributed by atoms with E-state index in [-0.39, 0.29) is 33.7 Å². The highest BCUT2D eigenvalue weighted by Gasteiger charge is 2.37. The lowest BCUT2D eigenvalue weighted by Crippen LogP contribution is -2.45. The number of fused-ring (bicyclic) bond motifs is 4. The minimum atomic E-state index is -4.28. The molecular formula is C27H22Cl2F3N7O. The second-order valence-electron chi connectivity index (χ2n) is 10.4. The fraction of sp³-hybridized carbons (Fsp3) is 0.259. The maximum atomic E-state index is 13.6. The van der Waals surface area contributed by atoms with E-state index in [4.69, 9.17) is 23.2 Å². The standard InChI is InChI=1S/C27H22Cl2F3N7O/c1-26(2)13-37(14-27(30,31)32)12-15-10-16(6-7-18(15)26)35-24-34-11-17-22(36-24)38-9-8-33-25(38)39(23(17)40)21-19(28)4-3-5-20(21)29/h3-11H,12-14H2,1-2H3,(H,34,35,36). The van der Waals surface area contributed by atoms with Gasteiger partial charge in [-0.1, -0.05) is 49.2 Å². The maximum Gasteiger partial charge on any atom is 0.401 e. The van der Waals surface area contributed by atoms with Gasteiger partial charge in [-0.3, -0.25) is 14.1 Å². The van der Waals surface area contributed by atoms with E-state index in [0.717, 1.165) is 11.1 Å². The number of nitrogens with zero attached hydrogens (tertiary/aromatic N) is 6. The molecule has 0 saturated carbocycles. The summed E-state index contributed by atoms with van der Waals surface area (Å²) in [6.07, 6.45) is 0.311. The third-order valence-corrected chi connectivity index (χ3v) is 7.53. The van der Waals surface area contributed by atoms with Crippen LogP contribution in [0.15, 0.2) is 59.8 Å². The number of aromatic nitrogens is 5. The highest BCUT2D eigenvalue weighted by molar-refractivity contribution is 6.37. The summed E-state index contributed by atoms with van der Waals surface area (Å²) < 4.78 is 42.3. The number of benzene rings is 2. The summed E-state index contributed by atoms with van der Waals surface area (Å²) in [6, 6.07) is 10.5. The van der Waals surface area contributed by atoms with Crippen LogP contribution in [0.3, 0.4) is 0 Å². The van der Waals surface area contributed by atoms with Gasteiger partial charge in [-0.2, -0.15) is 18.2 Å². The summed E-state index contributed by atoms with van der Waals surface area (Å²) in [5.41, 5.74) is 2.11. The van der Waals surface area contributed by atoms with Gasteiger partial charge in [-0.15, -0.1) is 0 Å². The molecule has 5 aromatic rings. The lowest BCUT2D eigenvalue weighted by Gasteiger charge is -2.40. The van der Waals surface area contributed by atoms with Gasteiger partial charge in [-0.05, 0) is 35.4 Å².